The molecule has 0 bridgehead atoms. The van der Waals surface area contributed by atoms with Gasteiger partial charge < -0.3 is 9.80 Å². The molecule has 0 fully saturated rings. The molecular weight excluding hydrogens is 793 g/mol. The Kier molecular flexibility index (Phi) is 8.34. The quantitative estimate of drug-likeness (QED) is 0.165. The van der Waals surface area contributed by atoms with Gasteiger partial charge >= 0.3 is 0 Å². The summed E-state index contributed by atoms with van der Waals surface area (Å²) in [6.45, 7) is 0. The Morgan fingerprint density at radius 1 is 0.250 bits per heavy atom. The summed E-state index contributed by atoms with van der Waals surface area (Å²) >= 11 is 1.89. The minimum atomic E-state index is -0.725. The monoisotopic (exact) mass is 832 g/mol. The molecule has 64 heavy (non-hydrogen) atoms. The van der Waals surface area contributed by atoms with Gasteiger partial charge in [-0.15, -0.1) is 11.3 Å². The summed E-state index contributed by atoms with van der Waals surface area (Å²) in [5, 5.41) is 2.60. The van der Waals surface area contributed by atoms with Gasteiger partial charge in [0.15, 0.2) is 0 Å². The molecule has 2 aliphatic rings. The number of hydrogen-bond acceptors (Lipinski definition) is 3. The first-order chi connectivity index (χ1) is 31.8. The van der Waals surface area contributed by atoms with Crippen LogP contribution in [0.4, 0.5) is 34.1 Å². The molecule has 10 aromatic carbocycles. The number of benzene rings is 10. The molecule has 0 saturated heterocycles. The van der Waals surface area contributed by atoms with Crippen LogP contribution in [-0.2, 0) is 5.41 Å². The Labute approximate surface area is 377 Å². The maximum absolute atomic E-state index is 2.56. The molecule has 0 N–H and O–H groups in total. The number of rotatable bonds is 6. The van der Waals surface area contributed by atoms with Crippen LogP contribution in [0.1, 0.15) is 22.3 Å². The lowest BCUT2D eigenvalue weighted by atomic mass is 9.65. The van der Waals surface area contributed by atoms with Crippen LogP contribution in [0.25, 0.3) is 53.6 Å². The predicted molar refractivity (Wildman–Crippen MR) is 270 cm³/mol. The fourth-order valence-corrected chi connectivity index (χ4v) is 11.9. The van der Waals surface area contributed by atoms with Crippen molar-refractivity contribution >= 4 is 65.6 Å². The standard InChI is InChI=1S/C61H40N2S/c1-5-19-41(20-6-1)62(42-21-7-2-8-22-42)45-33-35-50-47-27-13-14-28-48(47)51-36-34-46(63(43-23-9-3-10-24-43)44-25-11-4-12-26-44)38-57(51)61(56(50)37-45)55-31-17-15-29-49(55)53-40-60-54(39-58(53)61)52-30-16-18-32-59(52)64-60/h1-40H. The smallest absolute Gasteiger partial charge is 0.0727 e. The van der Waals surface area contributed by atoms with Crippen molar-refractivity contribution in [3.05, 3.63) is 265 Å². The Morgan fingerprint density at radius 2 is 0.656 bits per heavy atom. The highest BCUT2D eigenvalue weighted by atomic mass is 32.1. The number of fused-ring (bicyclic) bond motifs is 15. The van der Waals surface area contributed by atoms with Gasteiger partial charge in [0, 0.05) is 54.3 Å². The van der Waals surface area contributed by atoms with E-state index in [0.29, 0.717) is 0 Å². The molecule has 3 heteroatoms. The maximum Gasteiger partial charge on any atom is 0.0727 e. The van der Waals surface area contributed by atoms with Crippen molar-refractivity contribution < 1.29 is 0 Å². The van der Waals surface area contributed by atoms with Crippen LogP contribution < -0.4 is 9.80 Å². The minimum absolute atomic E-state index is 0.725. The molecular formula is C61H40N2S. The largest absolute Gasteiger partial charge is 0.310 e. The van der Waals surface area contributed by atoms with Crippen molar-refractivity contribution in [1.82, 2.24) is 0 Å². The first kappa shape index (κ1) is 36.7. The van der Waals surface area contributed by atoms with Crippen LogP contribution in [0.15, 0.2) is 243 Å². The van der Waals surface area contributed by atoms with Crippen molar-refractivity contribution in [2.75, 3.05) is 9.80 Å². The normalized spacial score (nSPS) is 12.8. The molecule has 11 aromatic rings. The van der Waals surface area contributed by atoms with E-state index < -0.39 is 5.41 Å². The molecule has 300 valence electrons. The van der Waals surface area contributed by atoms with Crippen molar-refractivity contribution in [2.45, 2.75) is 5.41 Å². The first-order valence-electron chi connectivity index (χ1n) is 22.0. The van der Waals surface area contributed by atoms with Crippen molar-refractivity contribution in [3.63, 3.8) is 0 Å². The van der Waals surface area contributed by atoms with E-state index in [4.69, 9.17) is 0 Å². The summed E-state index contributed by atoms with van der Waals surface area (Å²) in [6.07, 6.45) is 0. The van der Waals surface area contributed by atoms with Crippen molar-refractivity contribution in [1.29, 1.82) is 0 Å². The number of thiophene rings is 1. The zero-order valence-corrected chi connectivity index (χ0v) is 35.7. The highest BCUT2D eigenvalue weighted by molar-refractivity contribution is 7.25. The fourth-order valence-electron chi connectivity index (χ4n) is 10.8. The lowest BCUT2D eigenvalue weighted by Crippen LogP contribution is -2.30. The van der Waals surface area contributed by atoms with Gasteiger partial charge in [-0.3, -0.25) is 0 Å². The summed E-state index contributed by atoms with van der Waals surface area (Å²) in [5.41, 5.74) is 18.6. The Balaban J connectivity index is 1.20. The summed E-state index contributed by atoms with van der Waals surface area (Å²) in [4.78, 5) is 4.82. The molecule has 0 unspecified atom stereocenters. The van der Waals surface area contributed by atoms with E-state index in [1.807, 2.05) is 11.3 Å². The van der Waals surface area contributed by atoms with E-state index in [0.717, 1.165) is 34.1 Å². The average Bonchev–Trinajstić information content (AvgIpc) is 3.84. The SMILES string of the molecule is c1ccc(N(c2ccccc2)c2ccc3c(c2)C2(c4cc(N(c5ccccc5)c5ccccc5)ccc4-c4ccccc4-3)c3ccccc3-c3cc4sc5ccccc5c4cc32)cc1. The highest BCUT2D eigenvalue weighted by Gasteiger charge is 2.50. The third-order valence-electron chi connectivity index (χ3n) is 13.4. The average molecular weight is 833 g/mol. The molecule has 1 aromatic heterocycles. The van der Waals surface area contributed by atoms with E-state index in [1.54, 1.807) is 0 Å². The lowest BCUT2D eigenvalue weighted by molar-refractivity contribution is 0.776. The lowest BCUT2D eigenvalue weighted by Gasteiger charge is -2.37. The van der Waals surface area contributed by atoms with Gasteiger partial charge in [0.2, 0.25) is 0 Å². The van der Waals surface area contributed by atoms with Crippen LogP contribution >= 0.6 is 11.3 Å². The molecule has 0 radical (unpaired) electrons. The summed E-state index contributed by atoms with van der Waals surface area (Å²) in [6, 6.07) is 89.9. The Hall–Kier alpha value is -7.98. The van der Waals surface area contributed by atoms with E-state index in [9.17, 15) is 0 Å². The van der Waals surface area contributed by atoms with Gasteiger partial charge in [0.05, 0.1) is 5.41 Å². The van der Waals surface area contributed by atoms with E-state index in [1.165, 1.54) is 75.8 Å². The van der Waals surface area contributed by atoms with Gasteiger partial charge in [-0.25, -0.2) is 0 Å². The van der Waals surface area contributed by atoms with Crippen LogP contribution in [0.5, 0.6) is 0 Å². The second-order valence-corrected chi connectivity index (χ2v) is 17.9. The second kappa shape index (κ2) is 14.6. The first-order valence-corrected chi connectivity index (χ1v) is 22.8. The molecule has 0 saturated carbocycles. The topological polar surface area (TPSA) is 6.48 Å². The highest BCUT2D eigenvalue weighted by Crippen LogP contribution is 2.63. The Morgan fingerprint density at radius 3 is 1.17 bits per heavy atom. The maximum atomic E-state index is 2.56. The molecule has 0 aliphatic heterocycles. The van der Waals surface area contributed by atoms with Crippen LogP contribution in [0.3, 0.4) is 0 Å². The molecule has 0 atom stereocenters. The zero-order valence-electron chi connectivity index (χ0n) is 34.9. The number of para-hydroxylation sites is 4. The van der Waals surface area contributed by atoms with E-state index in [2.05, 4.69) is 252 Å². The minimum Gasteiger partial charge on any atom is -0.310 e. The molecule has 1 heterocycles. The molecule has 2 aliphatic carbocycles. The number of nitrogens with zero attached hydrogens (tertiary/aromatic N) is 2. The van der Waals surface area contributed by atoms with E-state index >= 15 is 0 Å². The van der Waals surface area contributed by atoms with Gasteiger partial charge in [0.1, 0.15) is 0 Å². The van der Waals surface area contributed by atoms with Gasteiger partial charge in [0.25, 0.3) is 0 Å². The predicted octanol–water partition coefficient (Wildman–Crippen LogP) is 17.0. The van der Waals surface area contributed by atoms with Gasteiger partial charge in [-0.05, 0) is 147 Å². The number of hydrogen-bond donors (Lipinski definition) is 0. The van der Waals surface area contributed by atoms with Crippen LogP contribution in [0, 0.1) is 0 Å². The molecule has 2 nitrogen and oxygen atoms in total. The Bertz CT molecular complexity index is 3330. The third kappa shape index (κ3) is 5.44. The van der Waals surface area contributed by atoms with Gasteiger partial charge in [-0.1, -0.05) is 152 Å². The van der Waals surface area contributed by atoms with Crippen molar-refractivity contribution in [2.24, 2.45) is 0 Å². The summed E-state index contributed by atoms with van der Waals surface area (Å²) in [7, 11) is 0. The van der Waals surface area contributed by atoms with Crippen LogP contribution in [-0.4, -0.2) is 0 Å². The molecule has 13 rings (SSSR count). The summed E-state index contributed by atoms with van der Waals surface area (Å²) < 4.78 is 2.62. The molecule has 0 amide bonds. The van der Waals surface area contributed by atoms with Crippen molar-refractivity contribution in [3.8, 4) is 33.4 Å². The van der Waals surface area contributed by atoms with Crippen LogP contribution in [0.2, 0.25) is 0 Å². The molecule has 1 spiro atoms. The van der Waals surface area contributed by atoms with Gasteiger partial charge in [-0.2, -0.15) is 0 Å². The second-order valence-electron chi connectivity index (χ2n) is 16.8. The number of anilines is 6. The zero-order chi connectivity index (χ0) is 42.2. The van der Waals surface area contributed by atoms with E-state index in [-0.39, 0.29) is 0 Å². The third-order valence-corrected chi connectivity index (χ3v) is 14.6. The summed E-state index contributed by atoms with van der Waals surface area (Å²) in [5.74, 6) is 0. The fraction of sp³-hybridized carbons (Fsp3) is 0.0164.